The lowest BCUT2D eigenvalue weighted by molar-refractivity contribution is 0.0683. The quantitative estimate of drug-likeness (QED) is 0.910. The van der Waals surface area contributed by atoms with Gasteiger partial charge in [-0.1, -0.05) is 12.5 Å². The lowest BCUT2D eigenvalue weighted by Crippen LogP contribution is -2.33. The minimum atomic E-state index is -1.03. The van der Waals surface area contributed by atoms with Crippen LogP contribution in [0.3, 0.4) is 0 Å². The van der Waals surface area contributed by atoms with Gasteiger partial charge in [-0.2, -0.15) is 4.98 Å². The van der Waals surface area contributed by atoms with Crippen LogP contribution in [0.5, 0.6) is 5.88 Å². The minimum absolute atomic E-state index is 0.0873. The van der Waals surface area contributed by atoms with Crippen molar-refractivity contribution in [3.05, 3.63) is 30.1 Å². The summed E-state index contributed by atoms with van der Waals surface area (Å²) in [6, 6.07) is 5.37. The number of likely N-dealkylation sites (tertiary alicyclic amines) is 1. The molecule has 0 radical (unpaired) electrons. The van der Waals surface area contributed by atoms with E-state index in [1.54, 1.807) is 22.7 Å². The fourth-order valence-electron chi connectivity index (χ4n) is 2.72. The van der Waals surface area contributed by atoms with Crippen LogP contribution in [0.25, 0.3) is 5.65 Å². The van der Waals surface area contributed by atoms with Gasteiger partial charge in [-0.15, -0.1) is 0 Å². The van der Waals surface area contributed by atoms with Gasteiger partial charge in [-0.25, -0.2) is 4.79 Å². The number of piperidine rings is 1. The third-order valence-electron chi connectivity index (χ3n) is 3.80. The molecule has 0 unspecified atom stereocenters. The number of rotatable bonds is 5. The fraction of sp³-hybridized carbons (Fsp3) is 0.467. The molecule has 0 saturated carbocycles. The van der Waals surface area contributed by atoms with Gasteiger partial charge in [-0.3, -0.25) is 9.30 Å². The molecule has 3 rings (SSSR count). The smallest absolute Gasteiger partial charge is 0.358 e. The Morgan fingerprint density at radius 3 is 2.86 bits per heavy atom. The van der Waals surface area contributed by atoms with E-state index in [0.717, 1.165) is 19.6 Å². The molecule has 0 amide bonds. The largest absolute Gasteiger partial charge is 0.476 e. The van der Waals surface area contributed by atoms with Gasteiger partial charge in [0.2, 0.25) is 5.88 Å². The Morgan fingerprint density at radius 2 is 2.10 bits per heavy atom. The van der Waals surface area contributed by atoms with Crippen LogP contribution >= 0.6 is 0 Å². The molecule has 2 aromatic rings. The van der Waals surface area contributed by atoms with Crippen molar-refractivity contribution in [1.29, 1.82) is 0 Å². The summed E-state index contributed by atoms with van der Waals surface area (Å²) in [5.74, 6) is -0.826. The number of nitrogens with zero attached hydrogens (tertiary/aromatic N) is 3. The van der Waals surface area contributed by atoms with E-state index in [1.165, 1.54) is 19.3 Å². The number of carboxylic acid groups (broad SMARTS) is 1. The van der Waals surface area contributed by atoms with E-state index in [-0.39, 0.29) is 11.6 Å². The molecule has 0 bridgehead atoms. The van der Waals surface area contributed by atoms with Crippen molar-refractivity contribution in [3.63, 3.8) is 0 Å². The van der Waals surface area contributed by atoms with Crippen LogP contribution in [0.2, 0.25) is 0 Å². The van der Waals surface area contributed by atoms with Crippen LogP contribution in [-0.4, -0.2) is 51.6 Å². The van der Waals surface area contributed by atoms with Crippen LogP contribution in [0, 0.1) is 0 Å². The van der Waals surface area contributed by atoms with Gasteiger partial charge >= 0.3 is 5.97 Å². The zero-order valence-corrected chi connectivity index (χ0v) is 11.9. The zero-order chi connectivity index (χ0) is 14.7. The first kappa shape index (κ1) is 13.9. The van der Waals surface area contributed by atoms with E-state index in [0.29, 0.717) is 12.3 Å². The Kier molecular flexibility index (Phi) is 4.06. The molecule has 112 valence electrons. The van der Waals surface area contributed by atoms with E-state index >= 15 is 0 Å². The number of carboxylic acids is 1. The third-order valence-corrected chi connectivity index (χ3v) is 3.80. The standard InChI is InChI=1S/C15H19N3O3/c19-15(20)13-14(16-12-6-2-5-9-18(12)13)21-11-10-17-7-3-1-4-8-17/h2,5-6,9H,1,3-4,7-8,10-11H2,(H,19,20). The van der Waals surface area contributed by atoms with Crippen molar-refractivity contribution in [3.8, 4) is 5.88 Å². The molecule has 0 spiro atoms. The van der Waals surface area contributed by atoms with E-state index in [2.05, 4.69) is 9.88 Å². The Hall–Kier alpha value is -2.08. The summed E-state index contributed by atoms with van der Waals surface area (Å²) in [4.78, 5) is 18.0. The van der Waals surface area contributed by atoms with Crippen molar-refractivity contribution >= 4 is 11.6 Å². The first-order chi connectivity index (χ1) is 10.3. The molecule has 6 nitrogen and oxygen atoms in total. The van der Waals surface area contributed by atoms with E-state index < -0.39 is 5.97 Å². The molecular weight excluding hydrogens is 270 g/mol. The molecule has 1 saturated heterocycles. The molecule has 1 aliphatic rings. The summed E-state index contributed by atoms with van der Waals surface area (Å²) in [6.45, 7) is 3.47. The number of imidazole rings is 1. The Balaban J connectivity index is 1.71. The second-order valence-electron chi connectivity index (χ2n) is 5.25. The third kappa shape index (κ3) is 3.00. The normalized spacial score (nSPS) is 16.2. The van der Waals surface area contributed by atoms with E-state index in [9.17, 15) is 9.90 Å². The first-order valence-electron chi connectivity index (χ1n) is 7.31. The number of ether oxygens (including phenoxy) is 1. The Labute approximate surface area is 123 Å². The maximum absolute atomic E-state index is 11.4. The van der Waals surface area contributed by atoms with E-state index in [1.807, 2.05) is 6.07 Å². The van der Waals surface area contributed by atoms with Gasteiger partial charge in [0.05, 0.1) is 0 Å². The van der Waals surface area contributed by atoms with Crippen LogP contribution < -0.4 is 4.74 Å². The SMILES string of the molecule is O=C(O)c1c(OCCN2CCCCC2)nc2ccccn12. The van der Waals surface area contributed by atoms with E-state index in [4.69, 9.17) is 4.74 Å². The Bertz CT molecular complexity index is 632. The van der Waals surface area contributed by atoms with Crippen LogP contribution in [0.15, 0.2) is 24.4 Å². The highest BCUT2D eigenvalue weighted by Crippen LogP contribution is 2.20. The molecule has 0 atom stereocenters. The summed E-state index contributed by atoms with van der Waals surface area (Å²) in [5, 5.41) is 9.35. The van der Waals surface area contributed by atoms with Gasteiger partial charge in [0.1, 0.15) is 12.3 Å². The van der Waals surface area contributed by atoms with Crippen molar-refractivity contribution in [2.75, 3.05) is 26.2 Å². The van der Waals surface area contributed by atoms with Gasteiger partial charge < -0.3 is 9.84 Å². The second-order valence-corrected chi connectivity index (χ2v) is 5.25. The summed E-state index contributed by atoms with van der Waals surface area (Å²) in [6.07, 6.45) is 5.44. The number of hydrogen-bond acceptors (Lipinski definition) is 4. The van der Waals surface area contributed by atoms with Gasteiger partial charge in [0.25, 0.3) is 0 Å². The first-order valence-corrected chi connectivity index (χ1v) is 7.31. The highest BCUT2D eigenvalue weighted by molar-refractivity contribution is 5.89. The van der Waals surface area contributed by atoms with Crippen LogP contribution in [0.4, 0.5) is 0 Å². The molecule has 0 aliphatic carbocycles. The Morgan fingerprint density at radius 1 is 1.29 bits per heavy atom. The molecule has 1 N–H and O–H groups in total. The predicted octanol–water partition coefficient (Wildman–Crippen LogP) is 1.90. The number of pyridine rings is 1. The predicted molar refractivity (Wildman–Crippen MR) is 77.9 cm³/mol. The molecule has 2 aromatic heterocycles. The second kappa shape index (κ2) is 6.13. The summed E-state index contributed by atoms with van der Waals surface area (Å²) in [7, 11) is 0. The molecule has 1 aliphatic heterocycles. The maximum atomic E-state index is 11.4. The lowest BCUT2D eigenvalue weighted by Gasteiger charge is -2.25. The highest BCUT2D eigenvalue weighted by Gasteiger charge is 2.20. The maximum Gasteiger partial charge on any atom is 0.358 e. The van der Waals surface area contributed by atoms with Crippen molar-refractivity contribution < 1.29 is 14.6 Å². The molecule has 21 heavy (non-hydrogen) atoms. The summed E-state index contributed by atoms with van der Waals surface area (Å²) >= 11 is 0. The average Bonchev–Trinajstić information content (AvgIpc) is 2.86. The topological polar surface area (TPSA) is 67.1 Å². The zero-order valence-electron chi connectivity index (χ0n) is 11.9. The molecule has 1 fully saturated rings. The highest BCUT2D eigenvalue weighted by atomic mass is 16.5. The van der Waals surface area contributed by atoms with Crippen molar-refractivity contribution in [2.24, 2.45) is 0 Å². The van der Waals surface area contributed by atoms with Crippen molar-refractivity contribution in [2.45, 2.75) is 19.3 Å². The number of hydrogen-bond donors (Lipinski definition) is 1. The minimum Gasteiger partial charge on any atom is -0.476 e. The van der Waals surface area contributed by atoms with Gasteiger partial charge in [0.15, 0.2) is 5.69 Å². The molecular formula is C15H19N3O3. The molecule has 6 heteroatoms. The number of carbonyl (C=O) groups is 1. The monoisotopic (exact) mass is 289 g/mol. The van der Waals surface area contributed by atoms with Crippen LogP contribution in [-0.2, 0) is 0 Å². The molecule has 3 heterocycles. The fourth-order valence-corrected chi connectivity index (χ4v) is 2.72. The van der Waals surface area contributed by atoms with Crippen LogP contribution in [0.1, 0.15) is 29.8 Å². The van der Waals surface area contributed by atoms with Gasteiger partial charge in [-0.05, 0) is 38.1 Å². The average molecular weight is 289 g/mol. The summed E-state index contributed by atoms with van der Waals surface area (Å²) < 4.78 is 7.17. The number of fused-ring (bicyclic) bond motifs is 1. The summed E-state index contributed by atoms with van der Waals surface area (Å²) in [5.41, 5.74) is 0.673. The number of aromatic carboxylic acids is 1. The number of aromatic nitrogens is 2. The van der Waals surface area contributed by atoms with Gasteiger partial charge in [0, 0.05) is 12.7 Å². The molecule has 0 aromatic carbocycles. The van der Waals surface area contributed by atoms with Crippen molar-refractivity contribution in [1.82, 2.24) is 14.3 Å². The lowest BCUT2D eigenvalue weighted by atomic mass is 10.1.